The Bertz CT molecular complexity index is 90.5. The van der Waals surface area contributed by atoms with E-state index in [-0.39, 0.29) is 6.04 Å². The monoisotopic (exact) mass is 112 g/mol. The summed E-state index contributed by atoms with van der Waals surface area (Å²) in [5.41, 5.74) is 0. The molecule has 0 bridgehead atoms. The van der Waals surface area contributed by atoms with E-state index in [0.29, 0.717) is 5.92 Å². The van der Waals surface area contributed by atoms with E-state index in [9.17, 15) is 4.79 Å². The maximum Gasteiger partial charge on any atom is 0.217 e. The predicted molar refractivity (Wildman–Crippen MR) is 31.3 cm³/mol. The van der Waals surface area contributed by atoms with E-state index >= 15 is 0 Å². The minimum Gasteiger partial charge on any atom is -0.306 e. The normalized spacial score (nSPS) is 36.1. The van der Waals surface area contributed by atoms with Gasteiger partial charge in [0.2, 0.25) is 6.29 Å². The minimum absolute atomic E-state index is 0.0417. The highest BCUT2D eigenvalue weighted by molar-refractivity contribution is 5.60. The fourth-order valence-corrected chi connectivity index (χ4v) is 0.920. The fraction of sp³-hybridized carbons (Fsp3) is 0.833. The van der Waals surface area contributed by atoms with Gasteiger partial charge in [0.1, 0.15) is 0 Å². The van der Waals surface area contributed by atoms with Crippen molar-refractivity contribution in [1.82, 2.24) is 5.32 Å². The molecule has 1 unspecified atom stereocenters. The van der Waals surface area contributed by atoms with Crippen LogP contribution in [0.4, 0.5) is 0 Å². The summed E-state index contributed by atoms with van der Waals surface area (Å²) in [6.45, 7) is 3.09. The standard InChI is InChI=1S/C6H10NO/c1-2-5-3-7-6(5)4-8/h5-7H,2-3H2,1H3/t5?,6-/m1/s1. The van der Waals surface area contributed by atoms with E-state index < -0.39 is 0 Å². The van der Waals surface area contributed by atoms with E-state index in [1.165, 1.54) is 0 Å². The van der Waals surface area contributed by atoms with Gasteiger partial charge in [0, 0.05) is 6.54 Å². The molecule has 0 aromatic heterocycles. The molecular weight excluding hydrogens is 102 g/mol. The summed E-state index contributed by atoms with van der Waals surface area (Å²) in [4.78, 5) is 9.97. The second kappa shape index (κ2) is 2.27. The van der Waals surface area contributed by atoms with E-state index in [4.69, 9.17) is 0 Å². The first-order valence-electron chi connectivity index (χ1n) is 2.99. The second-order valence-corrected chi connectivity index (χ2v) is 2.17. The molecule has 1 aliphatic rings. The Kier molecular flexibility index (Phi) is 1.63. The van der Waals surface area contributed by atoms with Crippen molar-refractivity contribution in [1.29, 1.82) is 0 Å². The number of hydrogen-bond donors (Lipinski definition) is 1. The first kappa shape index (κ1) is 5.76. The third kappa shape index (κ3) is 0.757. The van der Waals surface area contributed by atoms with Crippen molar-refractivity contribution in [3.8, 4) is 0 Å². The van der Waals surface area contributed by atoms with Gasteiger partial charge in [0.15, 0.2) is 0 Å². The van der Waals surface area contributed by atoms with Crippen LogP contribution in [0.2, 0.25) is 0 Å². The smallest absolute Gasteiger partial charge is 0.217 e. The summed E-state index contributed by atoms with van der Waals surface area (Å²) in [5.74, 6) is 0.562. The summed E-state index contributed by atoms with van der Waals surface area (Å²) in [7, 11) is 0. The third-order valence-electron chi connectivity index (χ3n) is 1.72. The molecule has 1 radical (unpaired) electrons. The molecule has 1 heterocycles. The summed E-state index contributed by atoms with van der Waals surface area (Å²) < 4.78 is 0. The van der Waals surface area contributed by atoms with Crippen molar-refractivity contribution in [3.05, 3.63) is 0 Å². The molecule has 2 nitrogen and oxygen atoms in total. The van der Waals surface area contributed by atoms with Crippen molar-refractivity contribution in [2.24, 2.45) is 5.92 Å². The molecule has 45 valence electrons. The summed E-state index contributed by atoms with van der Waals surface area (Å²) >= 11 is 0. The van der Waals surface area contributed by atoms with Crippen LogP contribution in [0.15, 0.2) is 0 Å². The zero-order valence-corrected chi connectivity index (χ0v) is 4.98. The van der Waals surface area contributed by atoms with Crippen LogP contribution in [-0.4, -0.2) is 18.9 Å². The van der Waals surface area contributed by atoms with Gasteiger partial charge in [-0.2, -0.15) is 0 Å². The van der Waals surface area contributed by atoms with Crippen LogP contribution >= 0.6 is 0 Å². The SMILES string of the molecule is CCC1CN[C@@H]1[C]=O. The molecule has 1 aliphatic heterocycles. The van der Waals surface area contributed by atoms with E-state index in [1.807, 2.05) is 6.29 Å². The van der Waals surface area contributed by atoms with E-state index in [2.05, 4.69) is 12.2 Å². The lowest BCUT2D eigenvalue weighted by molar-refractivity contribution is 0.279. The van der Waals surface area contributed by atoms with Crippen LogP contribution in [0, 0.1) is 5.92 Å². The molecule has 0 spiro atoms. The highest BCUT2D eigenvalue weighted by Gasteiger charge is 2.28. The second-order valence-electron chi connectivity index (χ2n) is 2.17. The van der Waals surface area contributed by atoms with Gasteiger partial charge in [0.25, 0.3) is 0 Å². The number of hydrogen-bond acceptors (Lipinski definition) is 2. The number of rotatable bonds is 2. The average molecular weight is 112 g/mol. The van der Waals surface area contributed by atoms with Crippen molar-refractivity contribution < 1.29 is 4.79 Å². The molecule has 0 aromatic rings. The van der Waals surface area contributed by atoms with Gasteiger partial charge in [-0.25, -0.2) is 0 Å². The lowest BCUT2D eigenvalue weighted by atomic mass is 9.91. The molecule has 1 N–H and O–H groups in total. The van der Waals surface area contributed by atoms with E-state index in [1.54, 1.807) is 0 Å². The van der Waals surface area contributed by atoms with Gasteiger partial charge in [-0.3, -0.25) is 4.79 Å². The quantitative estimate of drug-likeness (QED) is 0.548. The van der Waals surface area contributed by atoms with E-state index in [0.717, 1.165) is 13.0 Å². The Morgan fingerprint density at radius 2 is 2.62 bits per heavy atom. The first-order valence-corrected chi connectivity index (χ1v) is 2.99. The molecule has 0 aliphatic carbocycles. The molecule has 1 saturated heterocycles. The third-order valence-corrected chi connectivity index (χ3v) is 1.72. The van der Waals surface area contributed by atoms with Gasteiger partial charge in [-0.15, -0.1) is 0 Å². The summed E-state index contributed by atoms with van der Waals surface area (Å²) in [5, 5.41) is 2.97. The molecule has 2 heteroatoms. The highest BCUT2D eigenvalue weighted by Crippen LogP contribution is 2.13. The van der Waals surface area contributed by atoms with Crippen LogP contribution in [-0.2, 0) is 4.79 Å². The molecule has 0 saturated carbocycles. The van der Waals surface area contributed by atoms with Crippen LogP contribution < -0.4 is 5.32 Å². The predicted octanol–water partition coefficient (Wildman–Crippen LogP) is 0.0941. The highest BCUT2D eigenvalue weighted by atomic mass is 16.1. The van der Waals surface area contributed by atoms with Gasteiger partial charge < -0.3 is 5.32 Å². The Balaban J connectivity index is 2.26. The lowest BCUT2D eigenvalue weighted by Gasteiger charge is -2.32. The van der Waals surface area contributed by atoms with Crippen molar-refractivity contribution in [2.45, 2.75) is 19.4 Å². The van der Waals surface area contributed by atoms with Crippen molar-refractivity contribution >= 4 is 6.29 Å². The molecule has 0 aromatic carbocycles. The van der Waals surface area contributed by atoms with Gasteiger partial charge >= 0.3 is 0 Å². The van der Waals surface area contributed by atoms with Gasteiger partial charge in [-0.05, 0) is 5.92 Å². The Morgan fingerprint density at radius 3 is 2.75 bits per heavy atom. The molecule has 1 rings (SSSR count). The molecule has 1 fully saturated rings. The Morgan fingerprint density at radius 1 is 1.88 bits per heavy atom. The zero-order valence-electron chi connectivity index (χ0n) is 4.98. The topological polar surface area (TPSA) is 29.1 Å². The zero-order chi connectivity index (χ0) is 5.98. The maximum atomic E-state index is 9.97. The average Bonchev–Trinajstić information content (AvgIpc) is 1.66. The fourth-order valence-electron chi connectivity index (χ4n) is 0.920. The van der Waals surface area contributed by atoms with Crippen molar-refractivity contribution in [2.75, 3.05) is 6.54 Å². The Hall–Kier alpha value is -0.370. The van der Waals surface area contributed by atoms with Gasteiger partial charge in [0.05, 0.1) is 6.04 Å². The summed E-state index contributed by atoms with van der Waals surface area (Å²) in [6.07, 6.45) is 3.03. The number of carbonyl (C=O) groups excluding carboxylic acids is 1. The van der Waals surface area contributed by atoms with Crippen molar-refractivity contribution in [3.63, 3.8) is 0 Å². The van der Waals surface area contributed by atoms with Crippen LogP contribution in [0.5, 0.6) is 0 Å². The van der Waals surface area contributed by atoms with Crippen LogP contribution in [0.3, 0.4) is 0 Å². The largest absolute Gasteiger partial charge is 0.306 e. The lowest BCUT2D eigenvalue weighted by Crippen LogP contribution is -2.53. The minimum atomic E-state index is 0.0417. The van der Waals surface area contributed by atoms with Gasteiger partial charge in [-0.1, -0.05) is 13.3 Å². The van der Waals surface area contributed by atoms with Crippen LogP contribution in [0.1, 0.15) is 13.3 Å². The maximum absolute atomic E-state index is 9.97. The molecule has 2 atom stereocenters. The van der Waals surface area contributed by atoms with Crippen LogP contribution in [0.25, 0.3) is 0 Å². The molecule has 0 amide bonds. The number of nitrogens with one attached hydrogen (secondary N) is 1. The molecule has 8 heavy (non-hydrogen) atoms. The Labute approximate surface area is 49.3 Å². The molecular formula is C6H10NO. The first-order chi connectivity index (χ1) is 3.88. The summed E-state index contributed by atoms with van der Waals surface area (Å²) in [6, 6.07) is 0.0417.